The molecule has 0 radical (unpaired) electrons. The zero-order valence-electron chi connectivity index (χ0n) is 9.34. The van der Waals surface area contributed by atoms with Crippen LogP contribution in [0.3, 0.4) is 0 Å². The molecule has 0 saturated heterocycles. The number of carboxylic acids is 1. The van der Waals surface area contributed by atoms with Gasteiger partial charge in [0, 0.05) is 0 Å². The topological polar surface area (TPSA) is 89.6 Å². The van der Waals surface area contributed by atoms with Gasteiger partial charge >= 0.3 is 11.9 Å². The van der Waals surface area contributed by atoms with Gasteiger partial charge in [0.15, 0.2) is 0 Å². The number of hydrogen-bond acceptors (Lipinski definition) is 4. The fraction of sp³-hybridized carbons (Fsp3) is 0.167. The molecular formula is C12H13NO4. The van der Waals surface area contributed by atoms with E-state index in [1.165, 1.54) is 13.2 Å². The second-order valence-corrected chi connectivity index (χ2v) is 3.30. The van der Waals surface area contributed by atoms with Crippen LogP contribution in [-0.4, -0.2) is 24.2 Å². The number of esters is 1. The van der Waals surface area contributed by atoms with Crippen molar-refractivity contribution in [3.05, 3.63) is 35.4 Å². The summed E-state index contributed by atoms with van der Waals surface area (Å²) in [7, 11) is 1.27. The second kappa shape index (κ2) is 5.69. The summed E-state index contributed by atoms with van der Waals surface area (Å²) in [6.07, 6.45) is 2.94. The molecule has 0 atom stereocenters. The van der Waals surface area contributed by atoms with Gasteiger partial charge < -0.3 is 15.6 Å². The molecule has 5 heteroatoms. The minimum absolute atomic E-state index is 0.0953. The molecule has 1 rings (SSSR count). The van der Waals surface area contributed by atoms with E-state index in [0.29, 0.717) is 5.56 Å². The first-order chi connectivity index (χ1) is 8.06. The first kappa shape index (κ1) is 12.8. The lowest BCUT2D eigenvalue weighted by atomic mass is 10.1. The van der Waals surface area contributed by atoms with Crippen molar-refractivity contribution in [2.45, 2.75) is 6.42 Å². The fourth-order valence-electron chi connectivity index (χ4n) is 1.30. The summed E-state index contributed by atoms with van der Waals surface area (Å²) < 4.78 is 4.58. The van der Waals surface area contributed by atoms with Crippen molar-refractivity contribution in [1.82, 2.24) is 0 Å². The number of para-hydroxylation sites is 1. The van der Waals surface area contributed by atoms with Gasteiger partial charge in [-0.1, -0.05) is 24.3 Å². The molecule has 0 unspecified atom stereocenters. The first-order valence-electron chi connectivity index (χ1n) is 4.91. The van der Waals surface area contributed by atoms with Gasteiger partial charge in [0.25, 0.3) is 0 Å². The fourth-order valence-corrected chi connectivity index (χ4v) is 1.30. The van der Waals surface area contributed by atoms with Gasteiger partial charge in [0.1, 0.15) is 0 Å². The zero-order valence-corrected chi connectivity index (χ0v) is 9.34. The Kier molecular flexibility index (Phi) is 4.28. The molecule has 0 aromatic heterocycles. The number of anilines is 1. The van der Waals surface area contributed by atoms with Crippen LogP contribution in [0.5, 0.6) is 0 Å². The molecule has 17 heavy (non-hydrogen) atoms. The number of aliphatic carboxylic acids is 1. The van der Waals surface area contributed by atoms with Gasteiger partial charge in [-0.05, 0) is 11.6 Å². The highest BCUT2D eigenvalue weighted by atomic mass is 16.5. The minimum Gasteiger partial charge on any atom is -0.481 e. The van der Waals surface area contributed by atoms with E-state index in [0.717, 1.165) is 0 Å². The van der Waals surface area contributed by atoms with E-state index < -0.39 is 11.9 Å². The summed E-state index contributed by atoms with van der Waals surface area (Å²) in [6, 6.07) is 4.90. The van der Waals surface area contributed by atoms with E-state index in [1.54, 1.807) is 24.3 Å². The van der Waals surface area contributed by atoms with Crippen LogP contribution < -0.4 is 5.73 Å². The summed E-state index contributed by atoms with van der Waals surface area (Å²) in [5.41, 5.74) is 6.92. The molecule has 0 saturated carbocycles. The molecule has 0 amide bonds. The lowest BCUT2D eigenvalue weighted by Crippen LogP contribution is -2.06. The van der Waals surface area contributed by atoms with Crippen LogP contribution in [0, 0.1) is 0 Å². The number of carboxylic acid groups (broad SMARTS) is 1. The monoisotopic (exact) mass is 235 g/mol. The maximum absolute atomic E-state index is 11.3. The van der Waals surface area contributed by atoms with Gasteiger partial charge in [-0.25, -0.2) is 4.79 Å². The number of nitrogens with two attached hydrogens (primary N) is 1. The van der Waals surface area contributed by atoms with Crippen LogP contribution in [0.2, 0.25) is 0 Å². The van der Waals surface area contributed by atoms with Crippen molar-refractivity contribution in [2.24, 2.45) is 0 Å². The molecular weight excluding hydrogens is 222 g/mol. The van der Waals surface area contributed by atoms with E-state index in [-0.39, 0.29) is 17.7 Å². The van der Waals surface area contributed by atoms with Crippen molar-refractivity contribution in [1.29, 1.82) is 0 Å². The Bertz CT molecular complexity index is 466. The zero-order chi connectivity index (χ0) is 12.8. The van der Waals surface area contributed by atoms with Crippen molar-refractivity contribution in [3.8, 4) is 0 Å². The highest BCUT2D eigenvalue weighted by Crippen LogP contribution is 2.19. The van der Waals surface area contributed by atoms with Crippen LogP contribution in [0.1, 0.15) is 22.3 Å². The normalized spacial score (nSPS) is 10.4. The van der Waals surface area contributed by atoms with Gasteiger partial charge in [-0.15, -0.1) is 0 Å². The average Bonchev–Trinajstić information content (AvgIpc) is 2.30. The number of methoxy groups -OCH3 is 1. The van der Waals surface area contributed by atoms with Crippen molar-refractivity contribution < 1.29 is 19.4 Å². The van der Waals surface area contributed by atoms with Crippen molar-refractivity contribution >= 4 is 23.7 Å². The summed E-state index contributed by atoms with van der Waals surface area (Å²) >= 11 is 0. The smallest absolute Gasteiger partial charge is 0.339 e. The van der Waals surface area contributed by atoms with Crippen LogP contribution in [-0.2, 0) is 9.53 Å². The number of carbonyl (C=O) groups is 2. The van der Waals surface area contributed by atoms with Crippen LogP contribution >= 0.6 is 0 Å². The maximum atomic E-state index is 11.3. The highest BCUT2D eigenvalue weighted by molar-refractivity contribution is 5.97. The molecule has 90 valence electrons. The summed E-state index contributed by atoms with van der Waals surface area (Å²) in [5.74, 6) is -1.44. The number of carbonyl (C=O) groups excluding carboxylic acids is 1. The molecule has 0 aliphatic heterocycles. The quantitative estimate of drug-likeness (QED) is 0.610. The van der Waals surface area contributed by atoms with Crippen LogP contribution in [0.25, 0.3) is 6.08 Å². The molecule has 1 aromatic carbocycles. The minimum atomic E-state index is -0.927. The highest BCUT2D eigenvalue weighted by Gasteiger charge is 2.10. The first-order valence-corrected chi connectivity index (χ1v) is 4.91. The molecule has 0 bridgehead atoms. The molecule has 0 aliphatic rings. The largest absolute Gasteiger partial charge is 0.481 e. The van der Waals surface area contributed by atoms with Gasteiger partial charge in [0.2, 0.25) is 0 Å². The van der Waals surface area contributed by atoms with Crippen LogP contribution in [0.4, 0.5) is 5.69 Å². The summed E-state index contributed by atoms with van der Waals surface area (Å²) in [4.78, 5) is 21.7. The molecule has 0 spiro atoms. The lowest BCUT2D eigenvalue weighted by molar-refractivity contribution is -0.135. The van der Waals surface area contributed by atoms with E-state index in [9.17, 15) is 9.59 Å². The Labute approximate surface area is 98.5 Å². The third kappa shape index (κ3) is 3.34. The van der Waals surface area contributed by atoms with E-state index in [2.05, 4.69) is 4.74 Å². The third-order valence-corrected chi connectivity index (χ3v) is 2.14. The summed E-state index contributed by atoms with van der Waals surface area (Å²) in [6.45, 7) is 0. The van der Waals surface area contributed by atoms with Gasteiger partial charge in [-0.3, -0.25) is 4.79 Å². The Balaban J connectivity index is 2.98. The SMILES string of the molecule is COC(=O)c1cccc(C=CCC(=O)O)c1N. The average molecular weight is 235 g/mol. The van der Waals surface area contributed by atoms with E-state index in [1.807, 2.05) is 0 Å². The van der Waals surface area contributed by atoms with Crippen LogP contribution in [0.15, 0.2) is 24.3 Å². The molecule has 3 N–H and O–H groups in total. The Hall–Kier alpha value is -2.30. The standard InChI is InChI=1S/C12H13NO4/c1-17-12(16)9-6-2-4-8(11(9)13)5-3-7-10(14)15/h2-6H,7,13H2,1H3,(H,14,15). The number of benzene rings is 1. The number of ether oxygens (including phenoxy) is 1. The third-order valence-electron chi connectivity index (χ3n) is 2.14. The predicted octanol–water partition coefficient (Wildman–Crippen LogP) is 1.54. The number of rotatable bonds is 4. The maximum Gasteiger partial charge on any atom is 0.339 e. The molecule has 5 nitrogen and oxygen atoms in total. The van der Waals surface area contributed by atoms with E-state index >= 15 is 0 Å². The molecule has 0 aliphatic carbocycles. The van der Waals surface area contributed by atoms with Crippen molar-refractivity contribution in [3.63, 3.8) is 0 Å². The summed E-state index contributed by atoms with van der Waals surface area (Å²) in [5, 5.41) is 8.49. The van der Waals surface area contributed by atoms with Crippen molar-refractivity contribution in [2.75, 3.05) is 12.8 Å². The number of hydrogen-bond donors (Lipinski definition) is 2. The number of nitrogen functional groups attached to an aromatic ring is 1. The van der Waals surface area contributed by atoms with Gasteiger partial charge in [-0.2, -0.15) is 0 Å². The Morgan fingerprint density at radius 3 is 2.76 bits per heavy atom. The van der Waals surface area contributed by atoms with E-state index in [4.69, 9.17) is 10.8 Å². The predicted molar refractivity (Wildman–Crippen MR) is 63.5 cm³/mol. The second-order valence-electron chi connectivity index (χ2n) is 3.30. The van der Waals surface area contributed by atoms with Gasteiger partial charge in [0.05, 0.1) is 24.8 Å². The lowest BCUT2D eigenvalue weighted by Gasteiger charge is -2.06. The molecule has 0 fully saturated rings. The molecule has 0 heterocycles. The Morgan fingerprint density at radius 1 is 1.47 bits per heavy atom. The molecule has 1 aromatic rings. The Morgan fingerprint density at radius 2 is 2.18 bits per heavy atom.